The van der Waals surface area contributed by atoms with E-state index < -0.39 is 10.0 Å². The molecule has 10 heteroatoms. The third-order valence-electron chi connectivity index (χ3n) is 4.81. The Morgan fingerprint density at radius 2 is 2.04 bits per heavy atom. The summed E-state index contributed by atoms with van der Waals surface area (Å²) >= 11 is 0. The Balaban J connectivity index is 1.64. The van der Waals surface area contributed by atoms with E-state index in [4.69, 9.17) is 0 Å². The highest BCUT2D eigenvalue weighted by molar-refractivity contribution is 7.88. The smallest absolute Gasteiger partial charge is 0.274 e. The highest BCUT2D eigenvalue weighted by atomic mass is 32.2. The summed E-state index contributed by atoms with van der Waals surface area (Å²) in [5.41, 5.74) is 0.309. The Labute approximate surface area is 152 Å². The van der Waals surface area contributed by atoms with Gasteiger partial charge in [-0.15, -0.1) is 0 Å². The van der Waals surface area contributed by atoms with Crippen LogP contribution in [-0.2, 0) is 14.8 Å². The second kappa shape index (κ2) is 7.67. The highest BCUT2D eigenvalue weighted by Gasteiger charge is 2.38. The summed E-state index contributed by atoms with van der Waals surface area (Å²) in [5.74, 6) is -0.0196. The van der Waals surface area contributed by atoms with E-state index in [-0.39, 0.29) is 36.7 Å². The fourth-order valence-corrected chi connectivity index (χ4v) is 4.08. The average molecular weight is 381 g/mol. The number of carbonyl (C=O) groups excluding carboxylic acids is 2. The first kappa shape index (κ1) is 18.7. The van der Waals surface area contributed by atoms with Crippen LogP contribution >= 0.6 is 0 Å². The Morgan fingerprint density at radius 1 is 1.23 bits per heavy atom. The maximum atomic E-state index is 12.7. The molecule has 142 valence electrons. The lowest BCUT2D eigenvalue weighted by Gasteiger charge is -2.36. The molecule has 0 saturated carbocycles. The zero-order chi connectivity index (χ0) is 18.7. The molecule has 3 fully saturated rings. The van der Waals surface area contributed by atoms with Gasteiger partial charge in [-0.2, -0.15) is 0 Å². The minimum atomic E-state index is -3.31. The largest absolute Gasteiger partial charge is 0.338 e. The van der Waals surface area contributed by atoms with Gasteiger partial charge in [-0.05, 0) is 18.8 Å². The van der Waals surface area contributed by atoms with Crippen LogP contribution in [0, 0.1) is 5.92 Å². The molecule has 4 heterocycles. The van der Waals surface area contributed by atoms with Crippen LogP contribution in [0.25, 0.3) is 0 Å². The first-order valence-electron chi connectivity index (χ1n) is 8.63. The number of hydrogen-bond donors (Lipinski definition) is 1. The summed E-state index contributed by atoms with van der Waals surface area (Å²) in [4.78, 5) is 36.8. The summed E-state index contributed by atoms with van der Waals surface area (Å²) in [5, 5.41) is 0. The number of carbonyl (C=O) groups is 2. The predicted octanol–water partition coefficient (Wildman–Crippen LogP) is -0.521. The monoisotopic (exact) mass is 381 g/mol. The van der Waals surface area contributed by atoms with Crippen LogP contribution in [0.15, 0.2) is 18.6 Å². The van der Waals surface area contributed by atoms with Crippen LogP contribution in [0.5, 0.6) is 0 Å². The molecule has 2 bridgehead atoms. The number of hydrogen-bond acceptors (Lipinski definition) is 6. The lowest BCUT2D eigenvalue weighted by molar-refractivity contribution is -0.135. The molecular formula is C16H23N5O4S. The number of aromatic nitrogens is 2. The van der Waals surface area contributed by atoms with E-state index in [9.17, 15) is 18.0 Å². The van der Waals surface area contributed by atoms with Crippen LogP contribution in [0.3, 0.4) is 0 Å². The SMILES string of the molecule is CS(=O)(=O)NCCC(=O)N1C[C@H]2CC[C@@H]1CN(C(=O)c1cnccn1)C2. The Morgan fingerprint density at radius 3 is 2.73 bits per heavy atom. The van der Waals surface area contributed by atoms with Gasteiger partial charge in [-0.25, -0.2) is 18.1 Å². The molecule has 0 spiro atoms. The average Bonchev–Trinajstić information content (AvgIpc) is 2.92. The van der Waals surface area contributed by atoms with Crippen LogP contribution in [0.1, 0.15) is 29.8 Å². The lowest BCUT2D eigenvalue weighted by Crippen LogP contribution is -2.48. The number of piperidine rings is 1. The summed E-state index contributed by atoms with van der Waals surface area (Å²) in [6.07, 6.45) is 7.48. The first-order valence-corrected chi connectivity index (χ1v) is 10.5. The van der Waals surface area contributed by atoms with E-state index in [1.807, 2.05) is 4.90 Å². The molecular weight excluding hydrogens is 358 g/mol. The maximum Gasteiger partial charge on any atom is 0.274 e. The molecule has 9 nitrogen and oxygen atoms in total. The van der Waals surface area contributed by atoms with E-state index in [0.29, 0.717) is 25.3 Å². The fraction of sp³-hybridized carbons (Fsp3) is 0.625. The van der Waals surface area contributed by atoms with Gasteiger partial charge in [0.25, 0.3) is 5.91 Å². The summed E-state index contributed by atoms with van der Waals surface area (Å²) in [6, 6.07) is -0.0416. The van der Waals surface area contributed by atoms with Gasteiger partial charge >= 0.3 is 0 Å². The Kier molecular flexibility index (Phi) is 5.52. The molecule has 0 radical (unpaired) electrons. The van der Waals surface area contributed by atoms with Gasteiger partial charge in [-0.1, -0.05) is 0 Å². The molecule has 3 saturated heterocycles. The van der Waals surface area contributed by atoms with E-state index in [1.165, 1.54) is 18.6 Å². The first-order chi connectivity index (χ1) is 12.3. The van der Waals surface area contributed by atoms with Crippen LogP contribution in [0.4, 0.5) is 0 Å². The zero-order valence-electron chi connectivity index (χ0n) is 14.7. The molecule has 0 aromatic carbocycles. The predicted molar refractivity (Wildman–Crippen MR) is 93.6 cm³/mol. The van der Waals surface area contributed by atoms with Crippen LogP contribution in [0.2, 0.25) is 0 Å². The number of rotatable bonds is 5. The minimum absolute atomic E-state index is 0.0416. The van der Waals surface area contributed by atoms with E-state index in [2.05, 4.69) is 14.7 Å². The second-order valence-corrected chi connectivity index (χ2v) is 8.69. The third kappa shape index (κ3) is 4.55. The van der Waals surface area contributed by atoms with Gasteiger partial charge in [0.2, 0.25) is 15.9 Å². The van der Waals surface area contributed by atoms with Crippen molar-refractivity contribution in [2.75, 3.05) is 32.4 Å². The fourth-order valence-electron chi connectivity index (χ4n) is 3.61. The Bertz CT molecular complexity index is 770. The lowest BCUT2D eigenvalue weighted by atomic mass is 9.95. The van der Waals surface area contributed by atoms with Gasteiger partial charge in [0.1, 0.15) is 5.69 Å². The molecule has 0 unspecified atom stereocenters. The quantitative estimate of drug-likeness (QED) is 0.734. The van der Waals surface area contributed by atoms with E-state index >= 15 is 0 Å². The summed E-state index contributed by atoms with van der Waals surface area (Å²) in [7, 11) is -3.31. The number of amides is 2. The van der Waals surface area contributed by atoms with Gasteiger partial charge < -0.3 is 9.80 Å². The number of fused-ring (bicyclic) bond motifs is 4. The molecule has 4 rings (SSSR count). The van der Waals surface area contributed by atoms with Crippen molar-refractivity contribution in [3.8, 4) is 0 Å². The molecule has 3 aliphatic rings. The molecule has 1 aromatic heterocycles. The van der Waals surface area contributed by atoms with Gasteiger partial charge in [0.05, 0.1) is 12.5 Å². The van der Waals surface area contributed by atoms with Crippen molar-refractivity contribution < 1.29 is 18.0 Å². The molecule has 3 aliphatic heterocycles. The van der Waals surface area contributed by atoms with Crippen molar-refractivity contribution in [1.82, 2.24) is 24.5 Å². The maximum absolute atomic E-state index is 12.7. The highest BCUT2D eigenvalue weighted by Crippen LogP contribution is 2.29. The molecule has 1 N–H and O–H groups in total. The molecule has 1 aromatic rings. The third-order valence-corrected chi connectivity index (χ3v) is 5.53. The van der Waals surface area contributed by atoms with Gasteiger partial charge in [0, 0.05) is 51.0 Å². The van der Waals surface area contributed by atoms with Gasteiger partial charge in [-0.3, -0.25) is 14.6 Å². The normalized spacial score (nSPS) is 23.0. The molecule has 2 amide bonds. The second-order valence-electron chi connectivity index (χ2n) is 6.86. The standard InChI is InChI=1S/C16H23N5O4S/c1-26(24,25)19-5-4-15(22)21-10-12-2-3-13(21)11-20(9-12)16(23)14-8-17-6-7-18-14/h6-8,12-13,19H,2-5,9-11H2,1H3/t12-,13+/m0/s1. The van der Waals surface area contributed by atoms with Crippen molar-refractivity contribution in [2.24, 2.45) is 5.92 Å². The summed E-state index contributed by atoms with van der Waals surface area (Å²) < 4.78 is 24.6. The number of nitrogens with zero attached hydrogens (tertiary/aromatic N) is 4. The molecule has 0 aliphatic carbocycles. The van der Waals surface area contributed by atoms with Crippen molar-refractivity contribution in [3.63, 3.8) is 0 Å². The van der Waals surface area contributed by atoms with Crippen LogP contribution in [-0.4, -0.2) is 78.5 Å². The molecule has 2 atom stereocenters. The Hall–Kier alpha value is -2.07. The minimum Gasteiger partial charge on any atom is -0.338 e. The topological polar surface area (TPSA) is 113 Å². The summed E-state index contributed by atoms with van der Waals surface area (Å²) in [6.45, 7) is 1.76. The van der Waals surface area contributed by atoms with Crippen molar-refractivity contribution in [1.29, 1.82) is 0 Å². The molecule has 26 heavy (non-hydrogen) atoms. The van der Waals surface area contributed by atoms with E-state index in [0.717, 1.165) is 19.1 Å². The van der Waals surface area contributed by atoms with Gasteiger partial charge in [0.15, 0.2) is 0 Å². The van der Waals surface area contributed by atoms with Crippen molar-refractivity contribution in [2.45, 2.75) is 25.3 Å². The zero-order valence-corrected chi connectivity index (χ0v) is 15.5. The van der Waals surface area contributed by atoms with Crippen molar-refractivity contribution >= 4 is 21.8 Å². The number of nitrogens with one attached hydrogen (secondary N) is 1. The van der Waals surface area contributed by atoms with Crippen molar-refractivity contribution in [3.05, 3.63) is 24.3 Å². The van der Waals surface area contributed by atoms with E-state index in [1.54, 1.807) is 4.90 Å². The van der Waals surface area contributed by atoms with Crippen LogP contribution < -0.4 is 4.72 Å². The number of sulfonamides is 1.